The van der Waals surface area contributed by atoms with Crippen LogP contribution in [0, 0.1) is 17.7 Å². The molecular weight excluding hydrogens is 327 g/mol. The smallest absolute Gasteiger partial charge is 0.139 e. The summed E-state index contributed by atoms with van der Waals surface area (Å²) in [5.41, 5.74) is 3.97. The Kier molecular flexibility index (Phi) is 4.12. The molecule has 0 atom stereocenters. The third-order valence-corrected chi connectivity index (χ3v) is 4.06. The standard InChI is InChI=1S/C22H15FN2O/c1-26-18-11-7-15(8-12-18)6-9-16-14-17(23)10-13-19(16)22-24-20-4-2-3-5-21(20)25-22/h2-5,7-8,10-14H,1H3,(H,24,25). The van der Waals surface area contributed by atoms with Crippen molar-refractivity contribution in [2.45, 2.75) is 0 Å². The fourth-order valence-corrected chi connectivity index (χ4v) is 2.72. The van der Waals surface area contributed by atoms with Crippen molar-refractivity contribution < 1.29 is 9.13 Å². The summed E-state index contributed by atoms with van der Waals surface area (Å²) in [6.45, 7) is 0. The maximum atomic E-state index is 13.8. The number of hydrogen-bond donors (Lipinski definition) is 1. The normalized spacial score (nSPS) is 10.4. The molecule has 1 N–H and O–H groups in total. The number of nitrogens with one attached hydrogen (secondary N) is 1. The van der Waals surface area contributed by atoms with Crippen molar-refractivity contribution in [3.63, 3.8) is 0 Å². The number of hydrogen-bond acceptors (Lipinski definition) is 2. The Morgan fingerprint density at radius 2 is 1.77 bits per heavy atom. The first-order valence-corrected chi connectivity index (χ1v) is 8.14. The first-order valence-electron chi connectivity index (χ1n) is 8.14. The van der Waals surface area contributed by atoms with Crippen LogP contribution in [0.15, 0.2) is 66.7 Å². The maximum absolute atomic E-state index is 13.8. The van der Waals surface area contributed by atoms with E-state index < -0.39 is 0 Å². The number of imidazole rings is 1. The molecule has 0 amide bonds. The minimum atomic E-state index is -0.330. The predicted molar refractivity (Wildman–Crippen MR) is 100 cm³/mol. The largest absolute Gasteiger partial charge is 0.497 e. The molecule has 1 heterocycles. The highest BCUT2D eigenvalue weighted by Crippen LogP contribution is 2.24. The van der Waals surface area contributed by atoms with Gasteiger partial charge in [-0.05, 0) is 54.6 Å². The molecule has 0 fully saturated rings. The van der Waals surface area contributed by atoms with Gasteiger partial charge in [-0.1, -0.05) is 24.0 Å². The first kappa shape index (κ1) is 15.9. The van der Waals surface area contributed by atoms with Gasteiger partial charge in [-0.2, -0.15) is 0 Å². The number of aromatic amines is 1. The molecule has 1 aromatic heterocycles. The van der Waals surface area contributed by atoms with Crippen LogP contribution in [0.1, 0.15) is 11.1 Å². The lowest BCUT2D eigenvalue weighted by Crippen LogP contribution is -1.89. The zero-order chi connectivity index (χ0) is 17.9. The highest BCUT2D eigenvalue weighted by molar-refractivity contribution is 5.80. The Morgan fingerprint density at radius 1 is 0.962 bits per heavy atom. The van der Waals surface area contributed by atoms with Crippen LogP contribution in [0.3, 0.4) is 0 Å². The van der Waals surface area contributed by atoms with Gasteiger partial charge >= 0.3 is 0 Å². The molecular formula is C22H15FN2O. The number of halogens is 1. The Balaban J connectivity index is 1.76. The second-order valence-electron chi connectivity index (χ2n) is 5.77. The summed E-state index contributed by atoms with van der Waals surface area (Å²) in [5, 5.41) is 0. The van der Waals surface area contributed by atoms with Gasteiger partial charge in [0.2, 0.25) is 0 Å². The van der Waals surface area contributed by atoms with Gasteiger partial charge in [-0.15, -0.1) is 0 Å². The van der Waals surface area contributed by atoms with E-state index in [1.54, 1.807) is 13.2 Å². The molecule has 26 heavy (non-hydrogen) atoms. The molecule has 3 nitrogen and oxygen atoms in total. The molecule has 126 valence electrons. The molecule has 4 heteroatoms. The Hall–Kier alpha value is -3.58. The molecule has 0 saturated carbocycles. The van der Waals surface area contributed by atoms with Gasteiger partial charge in [0.05, 0.1) is 18.1 Å². The summed E-state index contributed by atoms with van der Waals surface area (Å²) < 4.78 is 18.9. The minimum Gasteiger partial charge on any atom is -0.497 e. The van der Waals surface area contributed by atoms with Crippen molar-refractivity contribution in [1.82, 2.24) is 9.97 Å². The average molecular weight is 342 g/mol. The van der Waals surface area contributed by atoms with Crippen molar-refractivity contribution in [1.29, 1.82) is 0 Å². The number of para-hydroxylation sites is 2. The molecule has 0 spiro atoms. The fourth-order valence-electron chi connectivity index (χ4n) is 2.72. The van der Waals surface area contributed by atoms with E-state index >= 15 is 0 Å². The zero-order valence-corrected chi connectivity index (χ0v) is 14.1. The minimum absolute atomic E-state index is 0.330. The molecule has 0 aliphatic rings. The highest BCUT2D eigenvalue weighted by Gasteiger charge is 2.09. The first-order chi connectivity index (χ1) is 12.7. The summed E-state index contributed by atoms with van der Waals surface area (Å²) in [4.78, 5) is 7.86. The quantitative estimate of drug-likeness (QED) is 0.533. The molecule has 0 unspecified atom stereocenters. The fraction of sp³-hybridized carbons (Fsp3) is 0.0455. The van der Waals surface area contributed by atoms with E-state index in [0.29, 0.717) is 11.4 Å². The van der Waals surface area contributed by atoms with Crippen LogP contribution in [0.5, 0.6) is 5.75 Å². The van der Waals surface area contributed by atoms with Crippen LogP contribution in [-0.2, 0) is 0 Å². The van der Waals surface area contributed by atoms with Crippen molar-refractivity contribution in [2.75, 3.05) is 7.11 Å². The van der Waals surface area contributed by atoms with E-state index in [4.69, 9.17) is 4.74 Å². The van der Waals surface area contributed by atoms with Gasteiger partial charge in [0, 0.05) is 16.7 Å². The Labute approximate surface area is 150 Å². The number of methoxy groups -OCH3 is 1. The van der Waals surface area contributed by atoms with Crippen LogP contribution in [0.25, 0.3) is 22.4 Å². The number of H-pyrrole nitrogens is 1. The van der Waals surface area contributed by atoms with Gasteiger partial charge < -0.3 is 9.72 Å². The van der Waals surface area contributed by atoms with Crippen molar-refractivity contribution in [3.05, 3.63) is 83.7 Å². The molecule has 0 bridgehead atoms. The van der Waals surface area contributed by atoms with Gasteiger partial charge in [0.1, 0.15) is 17.4 Å². The second-order valence-corrected chi connectivity index (χ2v) is 5.77. The number of benzene rings is 3. The lowest BCUT2D eigenvalue weighted by atomic mass is 10.1. The number of fused-ring (bicyclic) bond motifs is 1. The van der Waals surface area contributed by atoms with Crippen LogP contribution < -0.4 is 4.74 Å². The van der Waals surface area contributed by atoms with Crippen molar-refractivity contribution in [2.24, 2.45) is 0 Å². The van der Waals surface area contributed by atoms with Crippen LogP contribution in [0.2, 0.25) is 0 Å². The van der Waals surface area contributed by atoms with E-state index in [1.807, 2.05) is 48.5 Å². The number of aromatic nitrogens is 2. The molecule has 4 aromatic rings. The molecule has 0 aliphatic heterocycles. The van der Waals surface area contributed by atoms with E-state index in [9.17, 15) is 4.39 Å². The van der Waals surface area contributed by atoms with E-state index in [-0.39, 0.29) is 5.82 Å². The van der Waals surface area contributed by atoms with Crippen LogP contribution >= 0.6 is 0 Å². The van der Waals surface area contributed by atoms with Gasteiger partial charge in [-0.3, -0.25) is 0 Å². The van der Waals surface area contributed by atoms with Crippen molar-refractivity contribution in [3.8, 4) is 29.0 Å². The predicted octanol–water partition coefficient (Wildman–Crippen LogP) is 4.78. The van der Waals surface area contributed by atoms with E-state index in [2.05, 4.69) is 21.8 Å². The summed E-state index contributed by atoms with van der Waals surface area (Å²) >= 11 is 0. The highest BCUT2D eigenvalue weighted by atomic mass is 19.1. The summed E-state index contributed by atoms with van der Waals surface area (Å²) in [6, 6.07) is 19.7. The Morgan fingerprint density at radius 3 is 2.54 bits per heavy atom. The summed E-state index contributed by atoms with van der Waals surface area (Å²) in [6.07, 6.45) is 0. The second kappa shape index (κ2) is 6.73. The number of nitrogens with zero attached hydrogens (tertiary/aromatic N) is 1. The van der Waals surface area contributed by atoms with Gasteiger partial charge in [0.25, 0.3) is 0 Å². The number of ether oxygens (including phenoxy) is 1. The summed E-state index contributed by atoms with van der Waals surface area (Å²) in [7, 11) is 1.62. The third kappa shape index (κ3) is 3.15. The Bertz CT molecular complexity index is 1100. The molecule has 0 radical (unpaired) electrons. The lowest BCUT2D eigenvalue weighted by Gasteiger charge is -2.02. The molecule has 4 rings (SSSR count). The SMILES string of the molecule is COc1ccc(C#Cc2cc(F)ccc2-c2nc3ccccc3[nH]2)cc1. The van der Waals surface area contributed by atoms with Gasteiger partial charge in [0.15, 0.2) is 0 Å². The maximum Gasteiger partial charge on any atom is 0.139 e. The lowest BCUT2D eigenvalue weighted by molar-refractivity contribution is 0.415. The summed E-state index contributed by atoms with van der Waals surface area (Å²) in [5.74, 6) is 7.24. The number of rotatable bonds is 2. The topological polar surface area (TPSA) is 37.9 Å². The molecule has 0 saturated heterocycles. The van der Waals surface area contributed by atoms with Crippen LogP contribution in [-0.4, -0.2) is 17.1 Å². The molecule has 3 aromatic carbocycles. The average Bonchev–Trinajstić information content (AvgIpc) is 3.10. The third-order valence-electron chi connectivity index (χ3n) is 4.06. The monoisotopic (exact) mass is 342 g/mol. The van der Waals surface area contributed by atoms with E-state index in [1.165, 1.54) is 12.1 Å². The molecule has 0 aliphatic carbocycles. The van der Waals surface area contributed by atoms with Crippen LogP contribution in [0.4, 0.5) is 4.39 Å². The van der Waals surface area contributed by atoms with E-state index in [0.717, 1.165) is 27.9 Å². The van der Waals surface area contributed by atoms with Crippen molar-refractivity contribution >= 4 is 11.0 Å². The van der Waals surface area contributed by atoms with Gasteiger partial charge in [-0.25, -0.2) is 9.37 Å². The zero-order valence-electron chi connectivity index (χ0n) is 14.1.